The van der Waals surface area contributed by atoms with Crippen molar-refractivity contribution in [1.82, 2.24) is 15.2 Å². The highest BCUT2D eigenvalue weighted by Crippen LogP contribution is 2.25. The van der Waals surface area contributed by atoms with Crippen molar-refractivity contribution >= 4 is 17.7 Å². The SMILES string of the molecule is C=CCCCCCN(C)C(=NCc1cccnc1N1CCC(C(N)=O)CC1)NCC. The van der Waals surface area contributed by atoms with Crippen LogP contribution < -0.4 is 16.0 Å². The van der Waals surface area contributed by atoms with E-state index in [9.17, 15) is 4.79 Å². The molecule has 1 aromatic rings. The van der Waals surface area contributed by atoms with Crippen LogP contribution in [0.3, 0.4) is 0 Å². The van der Waals surface area contributed by atoms with Crippen LogP contribution in [-0.2, 0) is 11.3 Å². The first-order valence-corrected chi connectivity index (χ1v) is 11.1. The van der Waals surface area contributed by atoms with E-state index in [1.54, 1.807) is 0 Å². The summed E-state index contributed by atoms with van der Waals surface area (Å²) < 4.78 is 0. The number of rotatable bonds is 11. The predicted octanol–water partition coefficient (Wildman–Crippen LogP) is 2.93. The summed E-state index contributed by atoms with van der Waals surface area (Å²) in [5.41, 5.74) is 6.57. The van der Waals surface area contributed by atoms with Crippen LogP contribution in [0.4, 0.5) is 5.82 Å². The second-order valence-corrected chi connectivity index (χ2v) is 7.88. The van der Waals surface area contributed by atoms with E-state index in [0.29, 0.717) is 6.54 Å². The maximum absolute atomic E-state index is 11.4. The molecule has 0 spiro atoms. The van der Waals surface area contributed by atoms with Crippen LogP contribution >= 0.6 is 0 Å². The Hall–Kier alpha value is -2.57. The number of nitrogens with one attached hydrogen (secondary N) is 1. The molecule has 0 radical (unpaired) electrons. The van der Waals surface area contributed by atoms with Gasteiger partial charge in [-0.1, -0.05) is 18.6 Å². The number of primary amides is 1. The Kier molecular flexibility index (Phi) is 10.2. The third-order valence-corrected chi connectivity index (χ3v) is 5.56. The quantitative estimate of drug-likeness (QED) is 0.252. The number of aromatic nitrogens is 1. The number of unbranched alkanes of at least 4 members (excludes halogenated alkanes) is 3. The summed E-state index contributed by atoms with van der Waals surface area (Å²) in [6.45, 7) is 9.85. The minimum atomic E-state index is -0.191. The number of hydrogen-bond acceptors (Lipinski definition) is 4. The van der Waals surface area contributed by atoms with Crippen molar-refractivity contribution in [1.29, 1.82) is 0 Å². The lowest BCUT2D eigenvalue weighted by Crippen LogP contribution is -2.40. The summed E-state index contributed by atoms with van der Waals surface area (Å²) in [5.74, 6) is 1.67. The number of allylic oxidation sites excluding steroid dienone is 1. The Morgan fingerprint density at radius 1 is 1.40 bits per heavy atom. The van der Waals surface area contributed by atoms with Crippen molar-refractivity contribution in [3.05, 3.63) is 36.5 Å². The van der Waals surface area contributed by atoms with E-state index in [1.807, 2.05) is 18.3 Å². The van der Waals surface area contributed by atoms with Gasteiger partial charge in [-0.25, -0.2) is 9.98 Å². The molecule has 0 atom stereocenters. The largest absolute Gasteiger partial charge is 0.369 e. The molecule has 0 saturated carbocycles. The fraction of sp³-hybridized carbons (Fsp3) is 0.609. The van der Waals surface area contributed by atoms with E-state index in [-0.39, 0.29) is 11.8 Å². The molecule has 166 valence electrons. The average Bonchev–Trinajstić information content (AvgIpc) is 2.76. The molecule has 0 unspecified atom stereocenters. The van der Waals surface area contributed by atoms with Crippen LogP contribution in [0.1, 0.15) is 51.0 Å². The molecule has 0 aromatic carbocycles. The number of anilines is 1. The molecule has 1 fully saturated rings. The zero-order valence-corrected chi connectivity index (χ0v) is 18.6. The van der Waals surface area contributed by atoms with E-state index in [4.69, 9.17) is 10.7 Å². The fourth-order valence-corrected chi connectivity index (χ4v) is 3.76. The molecular weight excluding hydrogens is 376 g/mol. The smallest absolute Gasteiger partial charge is 0.220 e. The van der Waals surface area contributed by atoms with Gasteiger partial charge < -0.3 is 20.9 Å². The Bertz CT molecular complexity index is 697. The first-order valence-electron chi connectivity index (χ1n) is 11.1. The van der Waals surface area contributed by atoms with Gasteiger partial charge in [-0.3, -0.25) is 4.79 Å². The lowest BCUT2D eigenvalue weighted by atomic mass is 9.96. The van der Waals surface area contributed by atoms with E-state index in [1.165, 1.54) is 12.8 Å². The van der Waals surface area contributed by atoms with Gasteiger partial charge in [0.25, 0.3) is 0 Å². The maximum atomic E-state index is 11.4. The van der Waals surface area contributed by atoms with Crippen LogP contribution in [0, 0.1) is 5.92 Å². The molecule has 2 heterocycles. The molecule has 0 aliphatic carbocycles. The third kappa shape index (κ3) is 7.35. The molecule has 3 N–H and O–H groups in total. The molecule has 1 aliphatic rings. The summed E-state index contributed by atoms with van der Waals surface area (Å²) in [5, 5.41) is 3.40. The van der Waals surface area contributed by atoms with E-state index in [2.05, 4.69) is 46.7 Å². The van der Waals surface area contributed by atoms with Gasteiger partial charge in [0.2, 0.25) is 5.91 Å². The number of pyridine rings is 1. The zero-order chi connectivity index (χ0) is 21.8. The third-order valence-electron chi connectivity index (χ3n) is 5.56. The number of piperidine rings is 1. The molecule has 1 aliphatic heterocycles. The Morgan fingerprint density at radius 2 is 2.17 bits per heavy atom. The van der Waals surface area contributed by atoms with E-state index in [0.717, 1.165) is 69.2 Å². The second-order valence-electron chi connectivity index (χ2n) is 7.88. The lowest BCUT2D eigenvalue weighted by molar-refractivity contribution is -0.122. The first kappa shape index (κ1) is 23.7. The number of amides is 1. The van der Waals surface area contributed by atoms with Crippen LogP contribution in [0.15, 0.2) is 36.0 Å². The van der Waals surface area contributed by atoms with Gasteiger partial charge in [0.05, 0.1) is 6.54 Å². The zero-order valence-electron chi connectivity index (χ0n) is 18.6. The van der Waals surface area contributed by atoms with Crippen molar-refractivity contribution in [2.75, 3.05) is 38.1 Å². The Balaban J connectivity index is 2.00. The van der Waals surface area contributed by atoms with Crippen LogP contribution in [0.5, 0.6) is 0 Å². The normalized spacial score (nSPS) is 15.1. The highest BCUT2D eigenvalue weighted by Gasteiger charge is 2.24. The Labute approximate surface area is 181 Å². The number of hydrogen-bond donors (Lipinski definition) is 2. The van der Waals surface area contributed by atoms with Gasteiger partial charge in [-0.2, -0.15) is 0 Å². The van der Waals surface area contributed by atoms with E-state index >= 15 is 0 Å². The predicted molar refractivity (Wildman–Crippen MR) is 124 cm³/mol. The van der Waals surface area contributed by atoms with E-state index < -0.39 is 0 Å². The van der Waals surface area contributed by atoms with Crippen LogP contribution in [-0.4, -0.2) is 55.0 Å². The second kappa shape index (κ2) is 12.9. The standard InChI is InChI=1S/C23H38N6O/c1-4-6-7-8-9-15-28(3)23(25-5-2)27-18-20-11-10-14-26-22(20)29-16-12-19(13-17-29)21(24)30/h4,10-11,14,19H,1,5-9,12-13,15-18H2,2-3H3,(H2,24,30)(H,25,27). The first-order chi connectivity index (χ1) is 14.6. The van der Waals surface area contributed by atoms with Crippen LogP contribution in [0.25, 0.3) is 0 Å². The summed E-state index contributed by atoms with van der Waals surface area (Å²) in [7, 11) is 2.09. The van der Waals surface area contributed by atoms with Gasteiger partial charge >= 0.3 is 0 Å². The minimum absolute atomic E-state index is 0.0214. The molecule has 2 rings (SSSR count). The number of aliphatic imine (C=N–C) groups is 1. The highest BCUT2D eigenvalue weighted by molar-refractivity contribution is 5.79. The van der Waals surface area contributed by atoms with Gasteiger partial charge in [-0.15, -0.1) is 6.58 Å². The molecule has 1 aromatic heterocycles. The fourth-order valence-electron chi connectivity index (χ4n) is 3.76. The number of carbonyl (C=O) groups excluding carboxylic acids is 1. The topological polar surface area (TPSA) is 86.8 Å². The van der Waals surface area contributed by atoms with Crippen molar-refractivity contribution in [2.45, 2.75) is 52.0 Å². The lowest BCUT2D eigenvalue weighted by Gasteiger charge is -2.32. The summed E-state index contributed by atoms with van der Waals surface area (Å²) in [6, 6.07) is 4.05. The maximum Gasteiger partial charge on any atom is 0.220 e. The molecule has 1 amide bonds. The molecular formula is C23H38N6O. The number of guanidine groups is 1. The summed E-state index contributed by atoms with van der Waals surface area (Å²) >= 11 is 0. The van der Waals surface area contributed by atoms with Crippen molar-refractivity contribution < 1.29 is 4.79 Å². The van der Waals surface area contributed by atoms with Crippen molar-refractivity contribution in [3.63, 3.8) is 0 Å². The minimum Gasteiger partial charge on any atom is -0.369 e. The average molecular weight is 415 g/mol. The number of nitrogens with zero attached hydrogens (tertiary/aromatic N) is 4. The monoisotopic (exact) mass is 414 g/mol. The highest BCUT2D eigenvalue weighted by atomic mass is 16.1. The molecule has 7 heteroatoms. The summed E-state index contributed by atoms with van der Waals surface area (Å²) in [4.78, 5) is 25.4. The molecule has 7 nitrogen and oxygen atoms in total. The van der Waals surface area contributed by atoms with Crippen LogP contribution in [0.2, 0.25) is 0 Å². The van der Waals surface area contributed by atoms with Crippen molar-refractivity contribution in [2.24, 2.45) is 16.6 Å². The number of carbonyl (C=O) groups is 1. The summed E-state index contributed by atoms with van der Waals surface area (Å²) in [6.07, 6.45) is 9.98. The van der Waals surface area contributed by atoms with Crippen molar-refractivity contribution in [3.8, 4) is 0 Å². The van der Waals surface area contributed by atoms with Gasteiger partial charge in [0, 0.05) is 50.9 Å². The molecule has 30 heavy (non-hydrogen) atoms. The van der Waals surface area contributed by atoms with Gasteiger partial charge in [-0.05, 0) is 45.1 Å². The molecule has 1 saturated heterocycles. The number of nitrogens with two attached hydrogens (primary N) is 1. The van der Waals surface area contributed by atoms with Gasteiger partial charge in [0.1, 0.15) is 5.82 Å². The van der Waals surface area contributed by atoms with Gasteiger partial charge in [0.15, 0.2) is 5.96 Å². The Morgan fingerprint density at radius 3 is 2.83 bits per heavy atom. The molecule has 0 bridgehead atoms.